The SMILES string of the molecule is CC(Cc1cccs1)C(=O)N1CCN(Cc2ccncc2)CC1. The fourth-order valence-electron chi connectivity index (χ4n) is 3.00. The van der Waals surface area contributed by atoms with Crippen LogP contribution in [0, 0.1) is 5.92 Å². The van der Waals surface area contributed by atoms with Gasteiger partial charge in [0.15, 0.2) is 0 Å². The molecule has 5 heteroatoms. The van der Waals surface area contributed by atoms with Crippen molar-refractivity contribution >= 4 is 17.2 Å². The van der Waals surface area contributed by atoms with E-state index in [0.29, 0.717) is 5.91 Å². The van der Waals surface area contributed by atoms with Gasteiger partial charge >= 0.3 is 0 Å². The molecular formula is C18H23N3OS. The molecule has 1 atom stereocenters. The number of amides is 1. The third-order valence-corrected chi connectivity index (χ3v) is 5.25. The van der Waals surface area contributed by atoms with Crippen LogP contribution in [0.25, 0.3) is 0 Å². The van der Waals surface area contributed by atoms with Gasteiger partial charge < -0.3 is 4.90 Å². The third kappa shape index (κ3) is 4.39. The molecule has 23 heavy (non-hydrogen) atoms. The highest BCUT2D eigenvalue weighted by molar-refractivity contribution is 7.09. The van der Waals surface area contributed by atoms with E-state index in [1.807, 2.05) is 24.2 Å². The third-order valence-electron chi connectivity index (χ3n) is 4.35. The molecule has 0 saturated carbocycles. The fraction of sp³-hybridized carbons (Fsp3) is 0.444. The summed E-state index contributed by atoms with van der Waals surface area (Å²) in [4.78, 5) is 22.4. The van der Waals surface area contributed by atoms with E-state index in [0.717, 1.165) is 39.1 Å². The molecule has 0 bridgehead atoms. The largest absolute Gasteiger partial charge is 0.340 e. The van der Waals surface area contributed by atoms with Crippen LogP contribution in [0.4, 0.5) is 0 Å². The molecule has 3 rings (SSSR count). The second-order valence-electron chi connectivity index (χ2n) is 6.14. The number of thiophene rings is 1. The van der Waals surface area contributed by atoms with E-state index in [4.69, 9.17) is 0 Å². The van der Waals surface area contributed by atoms with Gasteiger partial charge in [0.1, 0.15) is 0 Å². The molecule has 1 fully saturated rings. The number of piperazine rings is 1. The van der Waals surface area contributed by atoms with Gasteiger partial charge in [-0.3, -0.25) is 14.7 Å². The van der Waals surface area contributed by atoms with Crippen LogP contribution in [0.1, 0.15) is 17.4 Å². The Morgan fingerprint density at radius 1 is 1.22 bits per heavy atom. The molecule has 1 amide bonds. The summed E-state index contributed by atoms with van der Waals surface area (Å²) in [5.74, 6) is 0.363. The van der Waals surface area contributed by atoms with Crippen molar-refractivity contribution < 1.29 is 4.79 Å². The van der Waals surface area contributed by atoms with Crippen molar-refractivity contribution in [2.24, 2.45) is 5.92 Å². The maximum atomic E-state index is 12.6. The Bertz CT molecular complexity index is 606. The van der Waals surface area contributed by atoms with Gasteiger partial charge in [0.25, 0.3) is 0 Å². The summed E-state index contributed by atoms with van der Waals surface area (Å²) in [6.45, 7) is 6.54. The molecule has 0 spiro atoms. The maximum Gasteiger partial charge on any atom is 0.225 e. The number of pyridine rings is 1. The molecular weight excluding hydrogens is 306 g/mol. The first kappa shape index (κ1) is 16.1. The molecule has 0 aromatic carbocycles. The first-order valence-electron chi connectivity index (χ1n) is 8.15. The van der Waals surface area contributed by atoms with Crippen LogP contribution in [0.2, 0.25) is 0 Å². The first-order valence-corrected chi connectivity index (χ1v) is 9.03. The number of aromatic nitrogens is 1. The highest BCUT2D eigenvalue weighted by Crippen LogP contribution is 2.17. The van der Waals surface area contributed by atoms with Crippen molar-refractivity contribution in [3.05, 3.63) is 52.5 Å². The predicted octanol–water partition coefficient (Wildman–Crippen LogP) is 2.67. The number of rotatable bonds is 5. The minimum Gasteiger partial charge on any atom is -0.340 e. The summed E-state index contributed by atoms with van der Waals surface area (Å²) in [5, 5.41) is 2.07. The van der Waals surface area contributed by atoms with Crippen molar-refractivity contribution in [1.29, 1.82) is 0 Å². The summed E-state index contributed by atoms with van der Waals surface area (Å²) < 4.78 is 0. The van der Waals surface area contributed by atoms with Gasteiger partial charge in [-0.25, -0.2) is 0 Å². The summed E-state index contributed by atoms with van der Waals surface area (Å²) in [6, 6.07) is 8.28. The molecule has 1 aliphatic heterocycles. The first-order chi connectivity index (χ1) is 11.2. The highest BCUT2D eigenvalue weighted by Gasteiger charge is 2.25. The summed E-state index contributed by atoms with van der Waals surface area (Å²) in [6.07, 6.45) is 4.52. The molecule has 3 heterocycles. The molecule has 1 aliphatic rings. The molecule has 0 aliphatic carbocycles. The minimum atomic E-state index is 0.0698. The molecule has 0 radical (unpaired) electrons. The lowest BCUT2D eigenvalue weighted by atomic mass is 10.0. The predicted molar refractivity (Wildman–Crippen MR) is 93.3 cm³/mol. The lowest BCUT2D eigenvalue weighted by molar-refractivity contribution is -0.136. The standard InChI is InChI=1S/C18H23N3OS/c1-15(13-17-3-2-12-23-17)18(22)21-10-8-20(9-11-21)14-16-4-6-19-7-5-16/h2-7,12,15H,8-11,13-14H2,1H3. The Hall–Kier alpha value is -1.72. The molecule has 4 nitrogen and oxygen atoms in total. The summed E-state index contributed by atoms with van der Waals surface area (Å²) in [5.41, 5.74) is 1.28. The number of carbonyl (C=O) groups is 1. The molecule has 2 aromatic rings. The van der Waals surface area contributed by atoms with E-state index in [1.54, 1.807) is 11.3 Å². The number of hydrogen-bond donors (Lipinski definition) is 0. The lowest BCUT2D eigenvalue weighted by Crippen LogP contribution is -2.49. The van der Waals surface area contributed by atoms with E-state index >= 15 is 0 Å². The quantitative estimate of drug-likeness (QED) is 0.846. The summed E-state index contributed by atoms with van der Waals surface area (Å²) in [7, 11) is 0. The molecule has 1 unspecified atom stereocenters. The van der Waals surface area contributed by atoms with Crippen LogP contribution in [-0.4, -0.2) is 46.9 Å². The second kappa shape index (κ2) is 7.70. The highest BCUT2D eigenvalue weighted by atomic mass is 32.1. The number of nitrogens with zero attached hydrogens (tertiary/aromatic N) is 3. The monoisotopic (exact) mass is 329 g/mol. The van der Waals surface area contributed by atoms with Gasteiger partial charge in [0.2, 0.25) is 5.91 Å². The van der Waals surface area contributed by atoms with Crippen LogP contribution in [0.15, 0.2) is 42.0 Å². The Labute approximate surface area is 141 Å². The zero-order chi connectivity index (χ0) is 16.1. The Kier molecular flexibility index (Phi) is 5.41. The molecule has 1 saturated heterocycles. The van der Waals surface area contributed by atoms with E-state index in [2.05, 4.69) is 39.5 Å². The van der Waals surface area contributed by atoms with Crippen LogP contribution in [-0.2, 0) is 17.8 Å². The van der Waals surface area contributed by atoms with Crippen LogP contribution < -0.4 is 0 Å². The maximum absolute atomic E-state index is 12.6. The van der Waals surface area contributed by atoms with Crippen molar-refractivity contribution in [3.63, 3.8) is 0 Å². The van der Waals surface area contributed by atoms with Crippen molar-refractivity contribution in [2.75, 3.05) is 26.2 Å². The van der Waals surface area contributed by atoms with Gasteiger partial charge in [0, 0.05) is 55.9 Å². The smallest absolute Gasteiger partial charge is 0.225 e. The number of carbonyl (C=O) groups excluding carboxylic acids is 1. The summed E-state index contributed by atoms with van der Waals surface area (Å²) >= 11 is 1.73. The van der Waals surface area contributed by atoms with E-state index < -0.39 is 0 Å². The van der Waals surface area contributed by atoms with Crippen molar-refractivity contribution in [1.82, 2.24) is 14.8 Å². The van der Waals surface area contributed by atoms with Gasteiger partial charge in [-0.2, -0.15) is 0 Å². The van der Waals surface area contributed by atoms with Crippen LogP contribution in [0.5, 0.6) is 0 Å². The average Bonchev–Trinajstić information content (AvgIpc) is 3.09. The van der Waals surface area contributed by atoms with Gasteiger partial charge in [-0.05, 0) is 35.6 Å². The normalized spacial score (nSPS) is 17.2. The van der Waals surface area contributed by atoms with E-state index in [-0.39, 0.29) is 5.92 Å². The Morgan fingerprint density at radius 2 is 1.96 bits per heavy atom. The van der Waals surface area contributed by atoms with Crippen molar-refractivity contribution in [2.45, 2.75) is 19.9 Å². The minimum absolute atomic E-state index is 0.0698. The zero-order valence-corrected chi connectivity index (χ0v) is 14.3. The Balaban J connectivity index is 1.47. The van der Waals surface area contributed by atoms with Gasteiger partial charge in [0.05, 0.1) is 0 Å². The lowest BCUT2D eigenvalue weighted by Gasteiger charge is -2.36. The van der Waals surface area contributed by atoms with Crippen molar-refractivity contribution in [3.8, 4) is 0 Å². The zero-order valence-electron chi connectivity index (χ0n) is 13.5. The molecule has 2 aromatic heterocycles. The molecule has 122 valence electrons. The fourth-order valence-corrected chi connectivity index (χ4v) is 3.84. The van der Waals surface area contributed by atoms with Gasteiger partial charge in [-0.15, -0.1) is 11.3 Å². The van der Waals surface area contributed by atoms with E-state index in [9.17, 15) is 4.79 Å². The average molecular weight is 329 g/mol. The Morgan fingerprint density at radius 3 is 2.61 bits per heavy atom. The number of hydrogen-bond acceptors (Lipinski definition) is 4. The van der Waals surface area contributed by atoms with Gasteiger partial charge in [-0.1, -0.05) is 13.0 Å². The van der Waals surface area contributed by atoms with Crippen LogP contribution >= 0.6 is 11.3 Å². The second-order valence-corrected chi connectivity index (χ2v) is 7.17. The van der Waals surface area contributed by atoms with E-state index in [1.165, 1.54) is 10.4 Å². The van der Waals surface area contributed by atoms with Crippen LogP contribution in [0.3, 0.4) is 0 Å². The topological polar surface area (TPSA) is 36.4 Å². The molecule has 0 N–H and O–H groups in total.